The number of aryl methyl sites for hydroxylation is 1. The number of benzene rings is 1. The number of aliphatic hydroxyl groups excluding tert-OH is 1. The van der Waals surface area contributed by atoms with Crippen LogP contribution in [0.2, 0.25) is 0 Å². The predicted octanol–water partition coefficient (Wildman–Crippen LogP) is 2.89. The van der Waals surface area contributed by atoms with E-state index in [4.69, 9.17) is 9.15 Å². The van der Waals surface area contributed by atoms with Gasteiger partial charge in [0.2, 0.25) is 0 Å². The molecule has 2 N–H and O–H groups in total. The van der Waals surface area contributed by atoms with E-state index in [0.717, 1.165) is 10.9 Å². The fourth-order valence-corrected chi connectivity index (χ4v) is 2.51. The predicted molar refractivity (Wildman–Crippen MR) is 85.3 cm³/mol. The molecular weight excluding hydrogens is 282 g/mol. The Morgan fingerprint density at radius 2 is 2.14 bits per heavy atom. The topological polar surface area (TPSA) is 71.7 Å². The second-order valence-corrected chi connectivity index (χ2v) is 5.89. The van der Waals surface area contributed by atoms with Crippen LogP contribution in [-0.4, -0.2) is 30.8 Å². The number of hydrogen-bond donors (Lipinski definition) is 2. The molecule has 0 saturated heterocycles. The maximum absolute atomic E-state index is 12.3. The first-order valence-electron chi connectivity index (χ1n) is 7.46. The summed E-state index contributed by atoms with van der Waals surface area (Å²) >= 11 is 0. The van der Waals surface area contributed by atoms with Crippen LogP contribution in [0, 0.1) is 12.8 Å². The van der Waals surface area contributed by atoms with Crippen LogP contribution in [0.1, 0.15) is 36.4 Å². The monoisotopic (exact) mass is 305 g/mol. The van der Waals surface area contributed by atoms with Crippen LogP contribution in [-0.2, 0) is 0 Å². The molecule has 5 nitrogen and oxygen atoms in total. The van der Waals surface area contributed by atoms with Crippen LogP contribution in [0.4, 0.5) is 0 Å². The summed E-state index contributed by atoms with van der Waals surface area (Å²) in [5.41, 5.74) is 1.33. The Labute approximate surface area is 130 Å². The minimum atomic E-state index is -0.553. The van der Waals surface area contributed by atoms with Crippen molar-refractivity contribution in [3.63, 3.8) is 0 Å². The van der Waals surface area contributed by atoms with Crippen molar-refractivity contribution in [2.24, 2.45) is 5.92 Å². The average Bonchev–Trinajstić information content (AvgIpc) is 2.81. The molecule has 0 bridgehead atoms. The highest BCUT2D eigenvalue weighted by Gasteiger charge is 2.20. The zero-order valence-electron chi connectivity index (χ0n) is 13.5. The fraction of sp³-hybridized carbons (Fsp3) is 0.471. The summed E-state index contributed by atoms with van der Waals surface area (Å²) in [6, 6.07) is 5.54. The highest BCUT2D eigenvalue weighted by Crippen LogP contribution is 2.32. The van der Waals surface area contributed by atoms with Gasteiger partial charge in [-0.3, -0.25) is 4.79 Å². The van der Waals surface area contributed by atoms with Gasteiger partial charge in [-0.1, -0.05) is 26.0 Å². The third-order valence-electron chi connectivity index (χ3n) is 3.60. The lowest BCUT2D eigenvalue weighted by Crippen LogP contribution is -2.32. The van der Waals surface area contributed by atoms with Crippen molar-refractivity contribution in [1.82, 2.24) is 5.32 Å². The number of amides is 1. The standard InChI is InChI=1S/C17H23NO4/c1-10(2)8-12(19)9-18-17(20)15-11(3)13-6-5-7-14(21-4)16(13)22-15/h5-7,10,12,19H,8-9H2,1-4H3,(H,18,20). The van der Waals surface area contributed by atoms with Crippen LogP contribution >= 0.6 is 0 Å². The van der Waals surface area contributed by atoms with Gasteiger partial charge < -0.3 is 19.6 Å². The van der Waals surface area contributed by atoms with Crippen LogP contribution < -0.4 is 10.1 Å². The van der Waals surface area contributed by atoms with Crippen molar-refractivity contribution in [2.45, 2.75) is 33.3 Å². The van der Waals surface area contributed by atoms with Gasteiger partial charge in [0, 0.05) is 17.5 Å². The van der Waals surface area contributed by atoms with Crippen molar-refractivity contribution in [2.75, 3.05) is 13.7 Å². The number of aliphatic hydroxyl groups is 1. The quantitative estimate of drug-likeness (QED) is 0.861. The van der Waals surface area contributed by atoms with Crippen molar-refractivity contribution >= 4 is 16.9 Å². The molecule has 0 aliphatic rings. The lowest BCUT2D eigenvalue weighted by molar-refractivity contribution is 0.0875. The Kier molecular flexibility index (Phi) is 5.08. The third kappa shape index (κ3) is 3.42. The number of methoxy groups -OCH3 is 1. The van der Waals surface area contributed by atoms with Gasteiger partial charge >= 0.3 is 0 Å². The summed E-state index contributed by atoms with van der Waals surface area (Å²) < 4.78 is 10.9. The number of fused-ring (bicyclic) bond motifs is 1. The van der Waals surface area contributed by atoms with Crippen molar-refractivity contribution in [3.05, 3.63) is 29.5 Å². The molecule has 0 radical (unpaired) electrons. The summed E-state index contributed by atoms with van der Waals surface area (Å²) in [4.78, 5) is 12.3. The van der Waals surface area contributed by atoms with Crippen molar-refractivity contribution < 1.29 is 19.1 Å². The Morgan fingerprint density at radius 3 is 2.77 bits per heavy atom. The molecule has 2 rings (SSSR count). The molecule has 0 aliphatic heterocycles. The first kappa shape index (κ1) is 16.4. The molecule has 1 amide bonds. The minimum Gasteiger partial charge on any atom is -0.493 e. The molecule has 0 aliphatic carbocycles. The number of ether oxygens (including phenoxy) is 1. The van der Waals surface area contributed by atoms with Gasteiger partial charge in [0.15, 0.2) is 17.1 Å². The molecule has 1 heterocycles. The zero-order chi connectivity index (χ0) is 16.3. The number of carbonyl (C=O) groups is 1. The molecule has 0 saturated carbocycles. The molecular formula is C17H23NO4. The summed E-state index contributed by atoms with van der Waals surface area (Å²) in [5.74, 6) is 0.915. The lowest BCUT2D eigenvalue weighted by atomic mass is 10.1. The summed E-state index contributed by atoms with van der Waals surface area (Å²) in [6.07, 6.45) is 0.0934. The number of nitrogens with one attached hydrogen (secondary N) is 1. The molecule has 1 atom stereocenters. The number of furan rings is 1. The maximum atomic E-state index is 12.3. The van der Waals surface area contributed by atoms with E-state index in [2.05, 4.69) is 5.32 Å². The van der Waals surface area contributed by atoms with Gasteiger partial charge in [0.05, 0.1) is 13.2 Å². The lowest BCUT2D eigenvalue weighted by Gasteiger charge is -2.13. The van der Waals surface area contributed by atoms with E-state index in [-0.39, 0.29) is 18.2 Å². The van der Waals surface area contributed by atoms with Crippen molar-refractivity contribution in [3.8, 4) is 5.75 Å². The normalized spacial score (nSPS) is 12.6. The van der Waals surface area contributed by atoms with E-state index in [1.165, 1.54) is 0 Å². The first-order valence-corrected chi connectivity index (χ1v) is 7.46. The minimum absolute atomic E-state index is 0.213. The molecule has 0 fully saturated rings. The van der Waals surface area contributed by atoms with Gasteiger partial charge in [-0.25, -0.2) is 0 Å². The molecule has 1 aromatic carbocycles. The fourth-order valence-electron chi connectivity index (χ4n) is 2.51. The van der Waals surface area contributed by atoms with E-state index < -0.39 is 6.10 Å². The first-order chi connectivity index (χ1) is 10.4. The van der Waals surface area contributed by atoms with Crippen molar-refractivity contribution in [1.29, 1.82) is 0 Å². The van der Waals surface area contributed by atoms with Gasteiger partial charge in [-0.05, 0) is 25.3 Å². The Balaban J connectivity index is 2.17. The van der Waals surface area contributed by atoms with Gasteiger partial charge in [0.25, 0.3) is 5.91 Å². The highest BCUT2D eigenvalue weighted by atomic mass is 16.5. The van der Waals surface area contributed by atoms with Crippen LogP contribution in [0.3, 0.4) is 0 Å². The van der Waals surface area contributed by atoms with Gasteiger partial charge in [-0.2, -0.15) is 0 Å². The van der Waals surface area contributed by atoms with Crippen LogP contribution in [0.15, 0.2) is 22.6 Å². The molecule has 1 unspecified atom stereocenters. The molecule has 22 heavy (non-hydrogen) atoms. The Bertz CT molecular complexity index is 660. The van der Waals surface area contributed by atoms with E-state index in [1.54, 1.807) is 13.2 Å². The molecule has 2 aromatic rings. The maximum Gasteiger partial charge on any atom is 0.287 e. The summed E-state index contributed by atoms with van der Waals surface area (Å²) in [5, 5.41) is 13.4. The van der Waals surface area contributed by atoms with Gasteiger partial charge in [-0.15, -0.1) is 0 Å². The zero-order valence-corrected chi connectivity index (χ0v) is 13.5. The average molecular weight is 305 g/mol. The van der Waals surface area contributed by atoms with E-state index in [0.29, 0.717) is 23.7 Å². The SMILES string of the molecule is COc1cccc2c(C)c(C(=O)NCC(O)CC(C)C)oc12. The smallest absolute Gasteiger partial charge is 0.287 e. The molecule has 120 valence electrons. The van der Waals surface area contributed by atoms with E-state index in [9.17, 15) is 9.90 Å². The summed E-state index contributed by atoms with van der Waals surface area (Å²) in [6.45, 7) is 6.11. The molecule has 1 aromatic heterocycles. The largest absolute Gasteiger partial charge is 0.493 e. The number of para-hydroxylation sites is 1. The van der Waals surface area contributed by atoms with Gasteiger partial charge in [0.1, 0.15) is 0 Å². The molecule has 0 spiro atoms. The number of carbonyl (C=O) groups excluding carboxylic acids is 1. The van der Waals surface area contributed by atoms with E-state index >= 15 is 0 Å². The number of hydrogen-bond acceptors (Lipinski definition) is 4. The van der Waals surface area contributed by atoms with Crippen LogP contribution in [0.5, 0.6) is 5.75 Å². The Morgan fingerprint density at radius 1 is 1.41 bits per heavy atom. The highest BCUT2D eigenvalue weighted by molar-refractivity contribution is 6.00. The second kappa shape index (κ2) is 6.83. The second-order valence-electron chi connectivity index (χ2n) is 5.89. The Hall–Kier alpha value is -2.01. The van der Waals surface area contributed by atoms with E-state index in [1.807, 2.05) is 32.9 Å². The molecule has 5 heteroatoms. The third-order valence-corrected chi connectivity index (χ3v) is 3.60. The summed E-state index contributed by atoms with van der Waals surface area (Å²) in [7, 11) is 1.56. The van der Waals surface area contributed by atoms with Crippen LogP contribution in [0.25, 0.3) is 11.0 Å². The number of rotatable bonds is 6.